The maximum absolute atomic E-state index is 4.19. The summed E-state index contributed by atoms with van der Waals surface area (Å²) in [6.45, 7) is 4.32. The monoisotopic (exact) mass is 207 g/mol. The molecule has 1 fully saturated rings. The van der Waals surface area contributed by atoms with Crippen LogP contribution in [0.2, 0.25) is 0 Å². The molecule has 1 aliphatic rings. The van der Waals surface area contributed by atoms with Gasteiger partial charge in [0.25, 0.3) is 0 Å². The molecule has 0 radical (unpaired) electrons. The van der Waals surface area contributed by atoms with Crippen molar-refractivity contribution in [2.45, 2.75) is 45.2 Å². The Balaban J connectivity index is 1.64. The summed E-state index contributed by atoms with van der Waals surface area (Å²) < 4.78 is 1.98. The number of nitrogens with one attached hydrogen (secondary N) is 1. The Kier molecular flexibility index (Phi) is 3.78. The highest BCUT2D eigenvalue weighted by Gasteiger charge is 2.20. The van der Waals surface area contributed by atoms with E-state index >= 15 is 0 Å². The van der Waals surface area contributed by atoms with Crippen LogP contribution in [0, 0.1) is 5.92 Å². The first-order valence-corrected chi connectivity index (χ1v) is 6.07. The second-order valence-corrected chi connectivity index (χ2v) is 4.56. The van der Waals surface area contributed by atoms with E-state index in [2.05, 4.69) is 17.3 Å². The third kappa shape index (κ3) is 3.06. The van der Waals surface area contributed by atoms with E-state index in [1.165, 1.54) is 25.7 Å². The average molecular weight is 207 g/mol. The molecule has 3 heteroatoms. The van der Waals surface area contributed by atoms with E-state index in [4.69, 9.17) is 0 Å². The zero-order valence-electron chi connectivity index (χ0n) is 9.52. The van der Waals surface area contributed by atoms with E-state index in [1.807, 2.05) is 23.1 Å². The zero-order chi connectivity index (χ0) is 10.5. The molecule has 3 nitrogen and oxygen atoms in total. The van der Waals surface area contributed by atoms with Crippen molar-refractivity contribution in [3.63, 3.8) is 0 Å². The van der Waals surface area contributed by atoms with Gasteiger partial charge in [0, 0.05) is 25.0 Å². The quantitative estimate of drug-likeness (QED) is 0.801. The number of rotatable bonds is 5. The third-order valence-corrected chi connectivity index (χ3v) is 3.47. The minimum Gasteiger partial charge on any atom is -0.312 e. The van der Waals surface area contributed by atoms with Gasteiger partial charge in [-0.15, -0.1) is 0 Å². The van der Waals surface area contributed by atoms with Crippen molar-refractivity contribution in [1.82, 2.24) is 15.1 Å². The summed E-state index contributed by atoms with van der Waals surface area (Å²) in [5.74, 6) is 0.905. The molecule has 1 saturated carbocycles. The minimum absolute atomic E-state index is 0.670. The molecule has 0 unspecified atom stereocenters. The molecule has 1 aliphatic carbocycles. The van der Waals surface area contributed by atoms with Gasteiger partial charge in [0.1, 0.15) is 0 Å². The summed E-state index contributed by atoms with van der Waals surface area (Å²) in [6, 6.07) is 2.64. The van der Waals surface area contributed by atoms with Gasteiger partial charge >= 0.3 is 0 Å². The molecular formula is C12H21N3. The first kappa shape index (κ1) is 10.7. The lowest BCUT2D eigenvalue weighted by atomic mass is 10.00. The highest BCUT2D eigenvalue weighted by Crippen LogP contribution is 2.27. The number of nitrogens with zero attached hydrogens (tertiary/aromatic N) is 2. The molecule has 84 valence electrons. The second-order valence-electron chi connectivity index (χ2n) is 4.56. The molecule has 0 aliphatic heterocycles. The van der Waals surface area contributed by atoms with Gasteiger partial charge in [-0.25, -0.2) is 0 Å². The molecule has 1 atom stereocenters. The van der Waals surface area contributed by atoms with E-state index in [-0.39, 0.29) is 0 Å². The minimum atomic E-state index is 0.670. The zero-order valence-corrected chi connectivity index (χ0v) is 9.52. The van der Waals surface area contributed by atoms with E-state index < -0.39 is 0 Å². The Labute approximate surface area is 91.9 Å². The lowest BCUT2D eigenvalue weighted by Crippen LogP contribution is -2.34. The summed E-state index contributed by atoms with van der Waals surface area (Å²) in [7, 11) is 0. The Bertz CT molecular complexity index is 262. The van der Waals surface area contributed by atoms with Crippen molar-refractivity contribution in [3.8, 4) is 0 Å². The van der Waals surface area contributed by atoms with E-state index in [1.54, 1.807) is 0 Å². The molecule has 1 aromatic rings. The fourth-order valence-electron chi connectivity index (χ4n) is 2.46. The highest BCUT2D eigenvalue weighted by atomic mass is 15.3. The normalized spacial score (nSPS) is 19.5. The van der Waals surface area contributed by atoms with Crippen LogP contribution in [0.1, 0.15) is 32.6 Å². The Morgan fingerprint density at radius 2 is 2.27 bits per heavy atom. The van der Waals surface area contributed by atoms with Gasteiger partial charge in [-0.1, -0.05) is 12.8 Å². The van der Waals surface area contributed by atoms with Crippen LogP contribution < -0.4 is 5.32 Å². The largest absolute Gasteiger partial charge is 0.312 e. The van der Waals surface area contributed by atoms with Crippen LogP contribution in [-0.4, -0.2) is 22.4 Å². The lowest BCUT2D eigenvalue weighted by molar-refractivity contribution is 0.372. The first-order chi connectivity index (χ1) is 7.36. The van der Waals surface area contributed by atoms with Crippen LogP contribution >= 0.6 is 0 Å². The molecule has 0 aromatic carbocycles. The van der Waals surface area contributed by atoms with Gasteiger partial charge in [-0.2, -0.15) is 5.10 Å². The molecule has 15 heavy (non-hydrogen) atoms. The van der Waals surface area contributed by atoms with Crippen LogP contribution in [0.5, 0.6) is 0 Å². The highest BCUT2D eigenvalue weighted by molar-refractivity contribution is 4.79. The van der Waals surface area contributed by atoms with Crippen molar-refractivity contribution < 1.29 is 0 Å². The maximum atomic E-state index is 4.19. The Hall–Kier alpha value is -0.830. The summed E-state index contributed by atoms with van der Waals surface area (Å²) in [4.78, 5) is 0. The summed E-state index contributed by atoms with van der Waals surface area (Å²) >= 11 is 0. The van der Waals surface area contributed by atoms with Crippen LogP contribution in [0.25, 0.3) is 0 Å². The molecule has 0 saturated heterocycles. The molecule has 1 heterocycles. The second kappa shape index (κ2) is 5.31. The average Bonchev–Trinajstić information content (AvgIpc) is 2.90. The van der Waals surface area contributed by atoms with Crippen molar-refractivity contribution in [2.75, 3.05) is 6.54 Å². The van der Waals surface area contributed by atoms with Gasteiger partial charge in [0.2, 0.25) is 0 Å². The van der Waals surface area contributed by atoms with Gasteiger partial charge in [-0.05, 0) is 31.7 Å². The lowest BCUT2D eigenvalue weighted by Gasteiger charge is -2.20. The van der Waals surface area contributed by atoms with E-state index in [9.17, 15) is 0 Å². The predicted molar refractivity (Wildman–Crippen MR) is 61.6 cm³/mol. The van der Waals surface area contributed by atoms with Crippen LogP contribution in [0.15, 0.2) is 18.5 Å². The molecular weight excluding hydrogens is 186 g/mol. The van der Waals surface area contributed by atoms with Gasteiger partial charge in [0.15, 0.2) is 0 Å². The molecule has 1 aromatic heterocycles. The van der Waals surface area contributed by atoms with Gasteiger partial charge in [0.05, 0.1) is 6.54 Å². The van der Waals surface area contributed by atoms with Crippen molar-refractivity contribution in [2.24, 2.45) is 5.92 Å². The molecule has 1 N–H and O–H groups in total. The molecule has 2 rings (SSSR count). The maximum Gasteiger partial charge on any atom is 0.0534 e. The topological polar surface area (TPSA) is 29.9 Å². The van der Waals surface area contributed by atoms with Gasteiger partial charge < -0.3 is 5.32 Å². The Morgan fingerprint density at radius 3 is 2.93 bits per heavy atom. The van der Waals surface area contributed by atoms with Crippen LogP contribution in [0.3, 0.4) is 0 Å². The van der Waals surface area contributed by atoms with Crippen molar-refractivity contribution in [3.05, 3.63) is 18.5 Å². The fourth-order valence-corrected chi connectivity index (χ4v) is 2.46. The number of hydrogen-bond acceptors (Lipinski definition) is 2. The standard InChI is InChI=1S/C12H21N3/c1-11(12-5-2-3-6-12)13-8-10-15-9-4-7-14-15/h4,7,9,11-13H,2-3,5-6,8,10H2,1H3/t11-/m0/s1. The predicted octanol–water partition coefficient (Wildman–Crippen LogP) is 2.05. The molecule has 0 amide bonds. The fraction of sp³-hybridized carbons (Fsp3) is 0.750. The van der Waals surface area contributed by atoms with Crippen molar-refractivity contribution in [1.29, 1.82) is 0 Å². The Morgan fingerprint density at radius 1 is 1.47 bits per heavy atom. The van der Waals surface area contributed by atoms with Gasteiger partial charge in [-0.3, -0.25) is 4.68 Å². The summed E-state index contributed by atoms with van der Waals surface area (Å²) in [5.41, 5.74) is 0. The smallest absolute Gasteiger partial charge is 0.0534 e. The number of hydrogen-bond donors (Lipinski definition) is 1. The van der Waals surface area contributed by atoms with E-state index in [0.717, 1.165) is 19.0 Å². The van der Waals surface area contributed by atoms with Crippen molar-refractivity contribution >= 4 is 0 Å². The number of aromatic nitrogens is 2. The first-order valence-electron chi connectivity index (χ1n) is 6.07. The summed E-state index contributed by atoms with van der Waals surface area (Å²) in [6.07, 6.45) is 9.53. The summed E-state index contributed by atoms with van der Waals surface area (Å²) in [5, 5.41) is 7.79. The third-order valence-electron chi connectivity index (χ3n) is 3.47. The SMILES string of the molecule is C[C@H](NCCn1cccn1)C1CCCC1. The molecule has 0 spiro atoms. The van der Waals surface area contributed by atoms with Crippen LogP contribution in [0.4, 0.5) is 0 Å². The molecule has 0 bridgehead atoms. The van der Waals surface area contributed by atoms with E-state index in [0.29, 0.717) is 6.04 Å². The van der Waals surface area contributed by atoms with Crippen LogP contribution in [-0.2, 0) is 6.54 Å².